The maximum Gasteiger partial charge on any atom is 0.224 e. The Labute approximate surface area is 110 Å². The molecule has 0 aliphatic rings. The molecule has 2 aromatic heterocycles. The smallest absolute Gasteiger partial charge is 0.224 e. The summed E-state index contributed by atoms with van der Waals surface area (Å²) < 4.78 is 22.4. The van der Waals surface area contributed by atoms with Gasteiger partial charge in [-0.1, -0.05) is 0 Å². The Morgan fingerprint density at radius 3 is 2.74 bits per heavy atom. The summed E-state index contributed by atoms with van der Waals surface area (Å²) in [5.41, 5.74) is 6.61. The molecule has 0 aromatic carbocycles. The zero-order valence-corrected chi connectivity index (χ0v) is 11.7. The molecule has 0 spiro atoms. The Balaban J connectivity index is 2.30. The Hall–Kier alpha value is -1.90. The summed E-state index contributed by atoms with van der Waals surface area (Å²) in [5.74, 6) is 0.524. The molecular formula is C10H16N6O2S. The molecule has 2 rings (SSSR count). The number of nitrogens with zero attached hydrogens (tertiary/aromatic N) is 3. The van der Waals surface area contributed by atoms with E-state index in [1.165, 1.54) is 12.6 Å². The lowest BCUT2D eigenvalue weighted by atomic mass is 10.2. The van der Waals surface area contributed by atoms with Gasteiger partial charge >= 0.3 is 0 Å². The van der Waals surface area contributed by atoms with Crippen LogP contribution in [0, 0.1) is 0 Å². The highest BCUT2D eigenvalue weighted by atomic mass is 32.2. The van der Waals surface area contributed by atoms with Crippen molar-refractivity contribution in [3.63, 3.8) is 0 Å². The summed E-state index contributed by atoms with van der Waals surface area (Å²) in [7, 11) is -3.19. The average Bonchev–Trinajstić information content (AvgIpc) is 2.72. The molecule has 0 bridgehead atoms. The highest BCUT2D eigenvalue weighted by Crippen LogP contribution is 2.20. The van der Waals surface area contributed by atoms with Crippen LogP contribution in [0.15, 0.2) is 6.33 Å². The van der Waals surface area contributed by atoms with Crippen molar-refractivity contribution in [2.45, 2.75) is 18.6 Å². The fourth-order valence-electron chi connectivity index (χ4n) is 1.41. The third kappa shape index (κ3) is 2.60. The van der Waals surface area contributed by atoms with E-state index in [0.717, 1.165) is 0 Å². The summed E-state index contributed by atoms with van der Waals surface area (Å²) >= 11 is 0. The van der Waals surface area contributed by atoms with Crippen molar-refractivity contribution in [3.8, 4) is 0 Å². The van der Waals surface area contributed by atoms with Crippen LogP contribution in [0.3, 0.4) is 0 Å². The third-order valence-corrected chi connectivity index (χ3v) is 5.14. The normalized spacial score (nSPS) is 12.8. The number of hydrogen-bond donors (Lipinski definition) is 3. The van der Waals surface area contributed by atoms with Crippen LogP contribution in [-0.2, 0) is 9.84 Å². The highest BCUT2D eigenvalue weighted by molar-refractivity contribution is 7.92. The molecule has 0 unspecified atom stereocenters. The van der Waals surface area contributed by atoms with Crippen LogP contribution >= 0.6 is 0 Å². The van der Waals surface area contributed by atoms with Crippen LogP contribution in [0.2, 0.25) is 0 Å². The zero-order chi connectivity index (χ0) is 14.3. The largest absolute Gasteiger partial charge is 0.368 e. The topological polar surface area (TPSA) is 127 Å². The predicted molar refractivity (Wildman–Crippen MR) is 73.5 cm³/mol. The standard InChI is InChI=1S/C10H16N6O2S/c1-10(2,19(3,17)18)4-12-7-6-8(14-5-13-6)16-9(11)15-7/h5H,4H2,1-3H3,(H4,11,12,13,14,15,16). The minimum absolute atomic E-state index is 0.0826. The second-order valence-electron chi connectivity index (χ2n) is 4.92. The molecule has 2 aromatic rings. The number of nitrogens with two attached hydrogens (primary N) is 1. The Morgan fingerprint density at radius 2 is 2.11 bits per heavy atom. The fourth-order valence-corrected chi connectivity index (χ4v) is 1.74. The van der Waals surface area contributed by atoms with Crippen LogP contribution in [-0.4, -0.2) is 45.9 Å². The minimum atomic E-state index is -3.19. The molecule has 0 atom stereocenters. The maximum absolute atomic E-state index is 11.6. The highest BCUT2D eigenvalue weighted by Gasteiger charge is 2.30. The molecule has 104 valence electrons. The second-order valence-corrected chi connectivity index (χ2v) is 7.57. The Bertz CT molecular complexity index is 706. The predicted octanol–water partition coefficient (Wildman–Crippen LogP) is 0.170. The molecule has 0 aliphatic heterocycles. The van der Waals surface area contributed by atoms with Gasteiger partial charge < -0.3 is 16.0 Å². The van der Waals surface area contributed by atoms with E-state index in [2.05, 4.69) is 25.3 Å². The molecule has 0 radical (unpaired) electrons. The first-order valence-electron chi connectivity index (χ1n) is 5.61. The van der Waals surface area contributed by atoms with E-state index in [9.17, 15) is 8.42 Å². The molecule has 0 aliphatic carbocycles. The van der Waals surface area contributed by atoms with Crippen molar-refractivity contribution in [2.24, 2.45) is 0 Å². The van der Waals surface area contributed by atoms with Crippen molar-refractivity contribution in [3.05, 3.63) is 6.33 Å². The van der Waals surface area contributed by atoms with Gasteiger partial charge in [0.1, 0.15) is 5.52 Å². The monoisotopic (exact) mass is 284 g/mol. The van der Waals surface area contributed by atoms with Gasteiger partial charge in [0.25, 0.3) is 0 Å². The first kappa shape index (κ1) is 13.5. The molecule has 2 heterocycles. The number of rotatable bonds is 4. The molecule has 0 fully saturated rings. The minimum Gasteiger partial charge on any atom is -0.368 e. The van der Waals surface area contributed by atoms with E-state index in [4.69, 9.17) is 5.73 Å². The molecule has 0 saturated heterocycles. The van der Waals surface area contributed by atoms with Gasteiger partial charge in [-0.15, -0.1) is 0 Å². The van der Waals surface area contributed by atoms with Crippen LogP contribution < -0.4 is 11.1 Å². The number of anilines is 2. The van der Waals surface area contributed by atoms with Crippen LogP contribution in [0.4, 0.5) is 11.8 Å². The van der Waals surface area contributed by atoms with Gasteiger partial charge in [-0.05, 0) is 13.8 Å². The third-order valence-electron chi connectivity index (χ3n) is 2.99. The van der Waals surface area contributed by atoms with Gasteiger partial charge in [-0.3, -0.25) is 0 Å². The number of hydrogen-bond acceptors (Lipinski definition) is 7. The van der Waals surface area contributed by atoms with Crippen molar-refractivity contribution in [2.75, 3.05) is 23.9 Å². The van der Waals surface area contributed by atoms with Gasteiger partial charge in [0, 0.05) is 12.8 Å². The lowest BCUT2D eigenvalue weighted by molar-refractivity contribution is 0.559. The van der Waals surface area contributed by atoms with E-state index in [0.29, 0.717) is 17.0 Å². The number of aromatic amines is 1. The van der Waals surface area contributed by atoms with E-state index in [-0.39, 0.29) is 12.5 Å². The first-order valence-corrected chi connectivity index (χ1v) is 7.50. The lowest BCUT2D eigenvalue weighted by Gasteiger charge is -2.23. The van der Waals surface area contributed by atoms with E-state index in [1.807, 2.05) is 0 Å². The first-order chi connectivity index (χ1) is 8.71. The summed E-state index contributed by atoms with van der Waals surface area (Å²) in [5, 5.41) is 2.98. The lowest BCUT2D eigenvalue weighted by Crippen LogP contribution is -2.38. The molecule has 0 saturated carbocycles. The summed E-state index contributed by atoms with van der Waals surface area (Å²) in [6, 6.07) is 0. The number of imidazole rings is 1. The Morgan fingerprint density at radius 1 is 1.42 bits per heavy atom. The number of nitrogen functional groups attached to an aromatic ring is 1. The summed E-state index contributed by atoms with van der Waals surface area (Å²) in [4.78, 5) is 14.9. The van der Waals surface area contributed by atoms with Crippen molar-refractivity contribution < 1.29 is 8.42 Å². The average molecular weight is 284 g/mol. The van der Waals surface area contributed by atoms with E-state index in [1.54, 1.807) is 13.8 Å². The number of fused-ring (bicyclic) bond motifs is 1. The number of aromatic nitrogens is 4. The number of H-pyrrole nitrogens is 1. The van der Waals surface area contributed by atoms with Gasteiger partial charge in [0.15, 0.2) is 21.3 Å². The van der Waals surface area contributed by atoms with Gasteiger partial charge in [-0.25, -0.2) is 13.4 Å². The van der Waals surface area contributed by atoms with Gasteiger partial charge in [0.05, 0.1) is 11.1 Å². The van der Waals surface area contributed by atoms with E-state index < -0.39 is 14.6 Å². The molecule has 8 nitrogen and oxygen atoms in total. The quantitative estimate of drug-likeness (QED) is 0.730. The summed E-state index contributed by atoms with van der Waals surface area (Å²) in [6.07, 6.45) is 2.68. The van der Waals surface area contributed by atoms with Crippen molar-refractivity contribution in [1.82, 2.24) is 19.9 Å². The number of sulfone groups is 1. The van der Waals surface area contributed by atoms with Crippen LogP contribution in [0.1, 0.15) is 13.8 Å². The van der Waals surface area contributed by atoms with Crippen molar-refractivity contribution in [1.29, 1.82) is 0 Å². The van der Waals surface area contributed by atoms with Gasteiger partial charge in [0.2, 0.25) is 5.95 Å². The zero-order valence-electron chi connectivity index (χ0n) is 10.9. The maximum atomic E-state index is 11.6. The Kier molecular flexibility index (Phi) is 3.09. The molecular weight excluding hydrogens is 268 g/mol. The second kappa shape index (κ2) is 4.34. The molecule has 19 heavy (non-hydrogen) atoms. The van der Waals surface area contributed by atoms with Crippen LogP contribution in [0.5, 0.6) is 0 Å². The fraction of sp³-hybridized carbons (Fsp3) is 0.500. The van der Waals surface area contributed by atoms with Crippen LogP contribution in [0.25, 0.3) is 11.2 Å². The van der Waals surface area contributed by atoms with Crippen molar-refractivity contribution >= 4 is 32.8 Å². The van der Waals surface area contributed by atoms with Gasteiger partial charge in [-0.2, -0.15) is 9.97 Å². The number of nitrogens with one attached hydrogen (secondary N) is 2. The summed E-state index contributed by atoms with van der Waals surface area (Å²) in [6.45, 7) is 3.49. The van der Waals surface area contributed by atoms with E-state index >= 15 is 0 Å². The molecule has 4 N–H and O–H groups in total. The molecule has 9 heteroatoms. The molecule has 0 amide bonds. The SMILES string of the molecule is CC(C)(CNc1nc(N)nc2nc[nH]c12)S(C)(=O)=O.